The van der Waals surface area contributed by atoms with Crippen LogP contribution in [0.25, 0.3) is 11.2 Å². The molecule has 3 aromatic rings. The molecule has 0 spiro atoms. The molecule has 5 N–H and O–H groups in total. The minimum atomic E-state index is -2.73. The number of methoxy groups -OCH3 is 1. The highest BCUT2D eigenvalue weighted by Crippen LogP contribution is 2.35. The molecule has 226 valence electrons. The molecule has 1 aliphatic carbocycles. The van der Waals surface area contributed by atoms with Crippen LogP contribution < -0.4 is 4.90 Å². The third-order valence-electron chi connectivity index (χ3n) is 7.62. The van der Waals surface area contributed by atoms with Crippen molar-refractivity contribution >= 4 is 40.5 Å². The number of benzene rings is 1. The van der Waals surface area contributed by atoms with Crippen molar-refractivity contribution in [2.45, 2.75) is 54.9 Å². The molecular formula is C27H32ClN5O9. The van der Waals surface area contributed by atoms with Gasteiger partial charge in [-0.25, -0.2) is 14.6 Å². The number of halogens is 1. The standard InChI is InChI=1S/C27H32ClN5O9/c1-4-26(40,18(41-3)13-42-27(23(36)37,24(38)39)12-15-8-6-5-7-9-15)22(35)33-14-29-19-20(30-25(28)31-21(19)33)32(2)16-10-17(34)11-16/h4-9,14,16-18,22,34-35,40H,1,10-13H2,2-3H3,(H,36,37)(H,38,39)/t16?,17?,18-,22-,26-/m1/s1. The highest BCUT2D eigenvalue weighted by molar-refractivity contribution is 6.28. The van der Waals surface area contributed by atoms with Crippen LogP contribution in [0.15, 0.2) is 49.3 Å². The van der Waals surface area contributed by atoms with Gasteiger partial charge in [0.2, 0.25) is 5.28 Å². The Kier molecular flexibility index (Phi) is 9.15. The van der Waals surface area contributed by atoms with E-state index >= 15 is 0 Å². The molecule has 1 aromatic carbocycles. The maximum atomic E-state index is 12.2. The van der Waals surface area contributed by atoms with Crippen LogP contribution in [0.5, 0.6) is 0 Å². The number of hydrogen-bond acceptors (Lipinski definition) is 11. The van der Waals surface area contributed by atoms with Crippen molar-refractivity contribution in [2.24, 2.45) is 0 Å². The summed E-state index contributed by atoms with van der Waals surface area (Å²) in [6.45, 7) is 2.83. The first-order valence-electron chi connectivity index (χ1n) is 12.9. The zero-order valence-corrected chi connectivity index (χ0v) is 23.6. The van der Waals surface area contributed by atoms with Gasteiger partial charge in [-0.2, -0.15) is 9.97 Å². The van der Waals surface area contributed by atoms with Gasteiger partial charge in [0.15, 0.2) is 28.8 Å². The van der Waals surface area contributed by atoms with E-state index in [1.807, 2.05) is 0 Å². The topological polar surface area (TPSA) is 201 Å². The summed E-state index contributed by atoms with van der Waals surface area (Å²) in [7, 11) is 2.93. The van der Waals surface area contributed by atoms with Crippen molar-refractivity contribution in [3.05, 3.63) is 60.2 Å². The minimum Gasteiger partial charge on any atom is -0.479 e. The molecule has 1 saturated carbocycles. The number of fused-ring (bicyclic) bond motifs is 1. The van der Waals surface area contributed by atoms with Crippen molar-refractivity contribution in [2.75, 3.05) is 25.7 Å². The van der Waals surface area contributed by atoms with Crippen LogP contribution in [0, 0.1) is 0 Å². The summed E-state index contributed by atoms with van der Waals surface area (Å²) >= 11 is 6.20. The Morgan fingerprint density at radius 2 is 1.88 bits per heavy atom. The van der Waals surface area contributed by atoms with Crippen molar-refractivity contribution in [1.82, 2.24) is 19.5 Å². The molecule has 0 aliphatic heterocycles. The highest BCUT2D eigenvalue weighted by atomic mass is 35.5. The van der Waals surface area contributed by atoms with E-state index < -0.39 is 54.6 Å². The lowest BCUT2D eigenvalue weighted by molar-refractivity contribution is -0.204. The van der Waals surface area contributed by atoms with Crippen LogP contribution in [-0.2, 0) is 25.5 Å². The fourth-order valence-electron chi connectivity index (χ4n) is 4.88. The number of aliphatic carboxylic acids is 2. The lowest BCUT2D eigenvalue weighted by Crippen LogP contribution is -2.56. The summed E-state index contributed by atoms with van der Waals surface area (Å²) < 4.78 is 12.0. The molecule has 0 bridgehead atoms. The van der Waals surface area contributed by atoms with Crippen molar-refractivity contribution in [1.29, 1.82) is 0 Å². The maximum Gasteiger partial charge on any atom is 0.348 e. The first-order chi connectivity index (χ1) is 19.9. The van der Waals surface area contributed by atoms with Gasteiger partial charge in [-0.15, -0.1) is 0 Å². The second-order valence-electron chi connectivity index (χ2n) is 10.1. The van der Waals surface area contributed by atoms with Crippen molar-refractivity contribution in [3.63, 3.8) is 0 Å². The van der Waals surface area contributed by atoms with Gasteiger partial charge in [-0.1, -0.05) is 43.0 Å². The van der Waals surface area contributed by atoms with E-state index in [-0.39, 0.29) is 22.5 Å². The van der Waals surface area contributed by atoms with Crippen LogP contribution in [0.4, 0.5) is 5.82 Å². The van der Waals surface area contributed by atoms with Crippen molar-refractivity contribution in [3.8, 4) is 0 Å². The van der Waals surface area contributed by atoms with E-state index in [1.165, 1.54) is 13.4 Å². The molecule has 3 atom stereocenters. The number of aliphatic hydroxyl groups is 3. The van der Waals surface area contributed by atoms with Crippen LogP contribution >= 0.6 is 11.6 Å². The zero-order valence-electron chi connectivity index (χ0n) is 22.9. The normalized spacial score (nSPS) is 19.9. The Morgan fingerprint density at radius 1 is 1.24 bits per heavy atom. The summed E-state index contributed by atoms with van der Waals surface area (Å²) in [5.74, 6) is -3.19. The van der Waals surface area contributed by atoms with E-state index in [4.69, 9.17) is 21.1 Å². The van der Waals surface area contributed by atoms with Gasteiger partial charge in [0.1, 0.15) is 6.10 Å². The highest BCUT2D eigenvalue weighted by Gasteiger charge is 2.51. The molecule has 1 fully saturated rings. The first kappa shape index (κ1) is 31.3. The molecule has 1 aliphatic rings. The van der Waals surface area contributed by atoms with Gasteiger partial charge in [-0.05, 0) is 30.0 Å². The number of hydrogen-bond donors (Lipinski definition) is 5. The lowest BCUT2D eigenvalue weighted by Gasteiger charge is -2.39. The molecular weight excluding hydrogens is 574 g/mol. The number of aliphatic hydroxyl groups excluding tert-OH is 2. The van der Waals surface area contributed by atoms with E-state index in [0.29, 0.717) is 24.2 Å². The third kappa shape index (κ3) is 5.69. The van der Waals surface area contributed by atoms with E-state index in [1.54, 1.807) is 42.3 Å². The summed E-state index contributed by atoms with van der Waals surface area (Å²) in [6.07, 6.45) is -1.15. The lowest BCUT2D eigenvalue weighted by atomic mass is 9.88. The number of carboxylic acids is 2. The molecule has 0 unspecified atom stereocenters. The summed E-state index contributed by atoms with van der Waals surface area (Å²) in [4.78, 5) is 39.0. The van der Waals surface area contributed by atoms with Crippen LogP contribution in [0.1, 0.15) is 24.6 Å². The number of carbonyl (C=O) groups is 2. The summed E-state index contributed by atoms with van der Waals surface area (Å²) in [6, 6.07) is 8.02. The van der Waals surface area contributed by atoms with Gasteiger partial charge < -0.3 is 39.9 Å². The fraction of sp³-hybridized carbons (Fsp3) is 0.444. The smallest absolute Gasteiger partial charge is 0.348 e. The Hall–Kier alpha value is -3.66. The maximum absolute atomic E-state index is 12.2. The van der Waals surface area contributed by atoms with E-state index in [2.05, 4.69) is 21.5 Å². The number of carboxylic acid groups (broad SMARTS) is 2. The van der Waals surface area contributed by atoms with Gasteiger partial charge in [0, 0.05) is 26.6 Å². The predicted molar refractivity (Wildman–Crippen MR) is 149 cm³/mol. The SMILES string of the molecule is C=C[C@@](O)([C@@H](COC(Cc1ccccc1)(C(=O)O)C(=O)O)OC)[C@@H](O)n1cnc2c(N(C)C3CC(O)C3)nc(Cl)nc21. The second-order valence-corrected chi connectivity index (χ2v) is 10.5. The number of nitrogens with zero attached hydrogens (tertiary/aromatic N) is 5. The Labute approximate surface area is 245 Å². The van der Waals surface area contributed by atoms with E-state index in [0.717, 1.165) is 10.6 Å². The minimum absolute atomic E-state index is 0.0241. The average Bonchev–Trinajstić information content (AvgIpc) is 3.37. The van der Waals surface area contributed by atoms with Crippen LogP contribution in [-0.4, -0.2) is 107 Å². The fourth-order valence-corrected chi connectivity index (χ4v) is 5.04. The monoisotopic (exact) mass is 605 g/mol. The molecule has 0 saturated heterocycles. The van der Waals surface area contributed by atoms with Gasteiger partial charge >= 0.3 is 11.9 Å². The number of ether oxygens (including phenoxy) is 2. The molecule has 4 rings (SSSR count). The Balaban J connectivity index is 1.65. The Bertz CT molecular complexity index is 1430. The largest absolute Gasteiger partial charge is 0.479 e. The predicted octanol–water partition coefficient (Wildman–Crippen LogP) is 1.03. The average molecular weight is 606 g/mol. The molecule has 0 radical (unpaired) electrons. The quantitative estimate of drug-likeness (QED) is 0.0991. The molecule has 2 heterocycles. The van der Waals surface area contributed by atoms with Gasteiger partial charge in [0.05, 0.1) is 19.0 Å². The number of imidazole rings is 1. The number of rotatable bonds is 14. The first-order valence-corrected chi connectivity index (χ1v) is 13.3. The van der Waals surface area contributed by atoms with Crippen molar-refractivity contribution < 1.29 is 44.6 Å². The van der Waals surface area contributed by atoms with Crippen LogP contribution in [0.3, 0.4) is 0 Å². The molecule has 0 amide bonds. The molecule has 42 heavy (non-hydrogen) atoms. The third-order valence-corrected chi connectivity index (χ3v) is 7.79. The van der Waals surface area contributed by atoms with E-state index in [9.17, 15) is 35.1 Å². The van der Waals surface area contributed by atoms with Gasteiger partial charge in [0.25, 0.3) is 5.60 Å². The van der Waals surface area contributed by atoms with Gasteiger partial charge in [-0.3, -0.25) is 4.57 Å². The molecule has 14 nitrogen and oxygen atoms in total. The van der Waals surface area contributed by atoms with Crippen LogP contribution in [0.2, 0.25) is 5.28 Å². The second kappa shape index (κ2) is 12.3. The number of aromatic nitrogens is 4. The molecule has 15 heteroatoms. The number of anilines is 1. The summed E-state index contributed by atoms with van der Waals surface area (Å²) in [5.41, 5.74) is -4.43. The Morgan fingerprint density at radius 3 is 2.43 bits per heavy atom. The zero-order chi connectivity index (χ0) is 30.8. The molecule has 2 aromatic heterocycles. The summed E-state index contributed by atoms with van der Waals surface area (Å²) in [5, 5.41) is 52.4.